The molecule has 2 aromatic rings. The molecule has 1 amide bonds. The van der Waals surface area contributed by atoms with Crippen LogP contribution in [-0.4, -0.2) is 26.8 Å². The monoisotopic (exact) mass is 364 g/mol. The summed E-state index contributed by atoms with van der Waals surface area (Å²) in [6.07, 6.45) is 4.10. The van der Waals surface area contributed by atoms with E-state index in [4.69, 9.17) is 0 Å². The van der Waals surface area contributed by atoms with Crippen LogP contribution < -0.4 is 5.32 Å². The van der Waals surface area contributed by atoms with E-state index < -0.39 is 11.3 Å². The Hall–Kier alpha value is -2.14. The van der Waals surface area contributed by atoms with Crippen LogP contribution in [0.3, 0.4) is 0 Å². The number of fused-ring (bicyclic) bond motifs is 1. The number of hydrogen-bond acceptors (Lipinski definition) is 4. The van der Waals surface area contributed by atoms with Crippen LogP contribution in [0.4, 0.5) is 8.78 Å². The highest BCUT2D eigenvalue weighted by molar-refractivity contribution is 7.99. The van der Waals surface area contributed by atoms with Gasteiger partial charge in [0.15, 0.2) is 5.16 Å². The minimum atomic E-state index is -2.62. The molecule has 5 nitrogen and oxygen atoms in total. The molecule has 0 bridgehead atoms. The van der Waals surface area contributed by atoms with E-state index >= 15 is 0 Å². The van der Waals surface area contributed by atoms with Crippen molar-refractivity contribution in [2.75, 3.05) is 0 Å². The molecule has 0 saturated heterocycles. The number of alkyl halides is 2. The van der Waals surface area contributed by atoms with Crippen molar-refractivity contribution in [3.8, 4) is 6.07 Å². The fourth-order valence-electron chi connectivity index (χ4n) is 3.25. The molecule has 0 spiro atoms. The lowest BCUT2D eigenvalue weighted by Gasteiger charge is -2.31. The van der Waals surface area contributed by atoms with E-state index in [9.17, 15) is 18.8 Å². The van der Waals surface area contributed by atoms with Gasteiger partial charge in [0.2, 0.25) is 5.91 Å². The number of aromatic nitrogens is 2. The number of hydrogen-bond donors (Lipinski definition) is 1. The van der Waals surface area contributed by atoms with Gasteiger partial charge in [-0.1, -0.05) is 31.4 Å². The second-order valence-electron chi connectivity index (χ2n) is 6.15. The van der Waals surface area contributed by atoms with Crippen LogP contribution in [0.15, 0.2) is 29.4 Å². The van der Waals surface area contributed by atoms with Gasteiger partial charge in [-0.25, -0.2) is 4.98 Å². The molecule has 1 aromatic heterocycles. The first-order chi connectivity index (χ1) is 12.0. The number of carbonyl (C=O) groups is 1. The molecule has 1 aromatic carbocycles. The Kier molecular flexibility index (Phi) is 5.23. The Morgan fingerprint density at radius 3 is 2.76 bits per heavy atom. The molecule has 25 heavy (non-hydrogen) atoms. The molecule has 0 unspecified atom stereocenters. The normalized spacial score (nSPS) is 16.7. The number of carbonyl (C=O) groups excluding carboxylic acids is 1. The van der Waals surface area contributed by atoms with E-state index in [2.05, 4.69) is 16.4 Å². The van der Waals surface area contributed by atoms with Crippen molar-refractivity contribution in [3.63, 3.8) is 0 Å². The second-order valence-corrected chi connectivity index (χ2v) is 7.11. The Labute approximate surface area is 148 Å². The number of nitrogens with zero attached hydrogens (tertiary/aromatic N) is 3. The van der Waals surface area contributed by atoms with E-state index in [1.54, 1.807) is 24.3 Å². The number of rotatable bonds is 5. The number of benzene rings is 1. The van der Waals surface area contributed by atoms with E-state index in [0.29, 0.717) is 35.6 Å². The van der Waals surface area contributed by atoms with E-state index in [0.717, 1.165) is 19.3 Å². The lowest BCUT2D eigenvalue weighted by atomic mass is 9.83. The predicted molar refractivity (Wildman–Crippen MR) is 91.2 cm³/mol. The van der Waals surface area contributed by atoms with Crippen LogP contribution in [0.2, 0.25) is 0 Å². The van der Waals surface area contributed by atoms with Gasteiger partial charge in [-0.15, -0.1) is 0 Å². The van der Waals surface area contributed by atoms with Gasteiger partial charge in [-0.3, -0.25) is 4.79 Å². The highest BCUT2D eigenvalue weighted by atomic mass is 32.2. The van der Waals surface area contributed by atoms with Gasteiger partial charge >= 0.3 is 0 Å². The Balaban J connectivity index is 1.84. The van der Waals surface area contributed by atoms with Crippen molar-refractivity contribution in [2.45, 2.75) is 55.1 Å². The zero-order valence-electron chi connectivity index (χ0n) is 13.5. The van der Waals surface area contributed by atoms with E-state index in [-0.39, 0.29) is 17.6 Å². The second kappa shape index (κ2) is 7.40. The Bertz CT molecular complexity index is 809. The maximum Gasteiger partial charge on any atom is 0.291 e. The molecule has 1 aliphatic carbocycles. The molecule has 3 rings (SSSR count). The number of nitrogens with one attached hydrogen (secondary N) is 1. The van der Waals surface area contributed by atoms with Crippen molar-refractivity contribution in [3.05, 3.63) is 24.3 Å². The quantitative estimate of drug-likeness (QED) is 0.822. The van der Waals surface area contributed by atoms with Gasteiger partial charge in [-0.05, 0) is 36.7 Å². The van der Waals surface area contributed by atoms with Gasteiger partial charge in [0.05, 0.1) is 17.1 Å². The molecule has 1 N–H and O–H groups in total. The summed E-state index contributed by atoms with van der Waals surface area (Å²) in [7, 11) is 0. The number of imidazole rings is 1. The first-order valence-corrected chi connectivity index (χ1v) is 9.03. The van der Waals surface area contributed by atoms with Crippen LogP contribution in [0.1, 0.15) is 32.1 Å². The molecule has 8 heteroatoms. The number of amides is 1. The van der Waals surface area contributed by atoms with Gasteiger partial charge in [0, 0.05) is 0 Å². The molecule has 0 aliphatic heterocycles. The average molecular weight is 364 g/mol. The zero-order chi connectivity index (χ0) is 17.9. The first kappa shape index (κ1) is 17.7. The highest BCUT2D eigenvalue weighted by Gasteiger charge is 2.33. The molecule has 132 valence electrons. The predicted octanol–water partition coefficient (Wildman–Crippen LogP) is 3.69. The molecule has 0 radical (unpaired) electrons. The number of nitriles is 1. The Morgan fingerprint density at radius 1 is 1.36 bits per heavy atom. The standard InChI is InChI=1S/C17H18F2N4OS/c18-15(19)25-16-21-12-6-2-3-7-13(12)23(16)10-14(24)22-17(11-20)8-4-1-5-9-17/h2-3,6-7,15H,1,4-5,8-10H2,(H,22,24). The van der Waals surface area contributed by atoms with Crippen molar-refractivity contribution >= 4 is 28.7 Å². The number of thioether (sulfide) groups is 1. The van der Waals surface area contributed by atoms with Crippen molar-refractivity contribution < 1.29 is 13.6 Å². The lowest BCUT2D eigenvalue weighted by Crippen LogP contribution is -2.49. The third-order valence-corrected chi connectivity index (χ3v) is 5.12. The van der Waals surface area contributed by atoms with Crippen LogP contribution >= 0.6 is 11.8 Å². The van der Waals surface area contributed by atoms with Crippen LogP contribution in [0, 0.1) is 11.3 Å². The van der Waals surface area contributed by atoms with E-state index in [1.807, 2.05) is 0 Å². The summed E-state index contributed by atoms with van der Waals surface area (Å²) in [5.41, 5.74) is 0.337. The topological polar surface area (TPSA) is 70.7 Å². The zero-order valence-corrected chi connectivity index (χ0v) is 14.4. The third-order valence-electron chi connectivity index (χ3n) is 4.42. The fourth-order valence-corrected chi connectivity index (χ4v) is 3.85. The molecule has 1 heterocycles. The van der Waals surface area contributed by atoms with Crippen molar-refractivity contribution in [2.24, 2.45) is 0 Å². The summed E-state index contributed by atoms with van der Waals surface area (Å²) >= 11 is 0.317. The smallest absolute Gasteiger partial charge is 0.291 e. The Morgan fingerprint density at radius 2 is 2.08 bits per heavy atom. The van der Waals surface area contributed by atoms with Crippen LogP contribution in [0.5, 0.6) is 0 Å². The van der Waals surface area contributed by atoms with E-state index in [1.165, 1.54) is 4.57 Å². The van der Waals surface area contributed by atoms with Gasteiger partial charge in [0.1, 0.15) is 12.1 Å². The highest BCUT2D eigenvalue weighted by Crippen LogP contribution is 2.30. The molecule has 1 fully saturated rings. The van der Waals surface area contributed by atoms with Crippen molar-refractivity contribution in [1.82, 2.24) is 14.9 Å². The average Bonchev–Trinajstić information content (AvgIpc) is 2.92. The van der Waals surface area contributed by atoms with Gasteiger partial charge in [0.25, 0.3) is 5.76 Å². The number of para-hydroxylation sites is 2. The summed E-state index contributed by atoms with van der Waals surface area (Å²) in [5, 5.41) is 12.4. The van der Waals surface area contributed by atoms with Gasteiger partial charge in [-0.2, -0.15) is 14.0 Å². The van der Waals surface area contributed by atoms with Crippen LogP contribution in [0.25, 0.3) is 11.0 Å². The maximum atomic E-state index is 12.8. The summed E-state index contributed by atoms with van der Waals surface area (Å²) in [6.45, 7) is -0.140. The summed E-state index contributed by atoms with van der Waals surface area (Å²) in [4.78, 5) is 16.7. The molecule has 0 atom stereocenters. The van der Waals surface area contributed by atoms with Crippen LogP contribution in [-0.2, 0) is 11.3 Å². The van der Waals surface area contributed by atoms with Crippen molar-refractivity contribution in [1.29, 1.82) is 5.26 Å². The molecular weight excluding hydrogens is 346 g/mol. The van der Waals surface area contributed by atoms with Gasteiger partial charge < -0.3 is 9.88 Å². The molecular formula is C17H18F2N4OS. The largest absolute Gasteiger partial charge is 0.336 e. The fraction of sp³-hybridized carbons (Fsp3) is 0.471. The minimum Gasteiger partial charge on any atom is -0.336 e. The first-order valence-electron chi connectivity index (χ1n) is 8.15. The molecule has 1 saturated carbocycles. The lowest BCUT2D eigenvalue weighted by molar-refractivity contribution is -0.123. The summed E-state index contributed by atoms with van der Waals surface area (Å²) in [6, 6.07) is 9.23. The number of halogens is 2. The molecule has 1 aliphatic rings. The SMILES string of the molecule is N#CC1(NC(=O)Cn2c(SC(F)F)nc3ccccc32)CCCCC1. The maximum absolute atomic E-state index is 12.8. The summed E-state index contributed by atoms with van der Waals surface area (Å²) < 4.78 is 27.1. The minimum absolute atomic E-state index is 0.0981. The third kappa shape index (κ3) is 3.93. The summed E-state index contributed by atoms with van der Waals surface area (Å²) in [5.74, 6) is -2.98.